The van der Waals surface area contributed by atoms with Crippen molar-refractivity contribution in [3.8, 4) is 0 Å². The van der Waals surface area contributed by atoms with Gasteiger partial charge in [-0.2, -0.15) is 0 Å². The Hall–Kier alpha value is -1.29. The number of primary amides is 1. The Morgan fingerprint density at radius 3 is 3.00 bits per heavy atom. The predicted molar refractivity (Wildman–Crippen MR) is 38.2 cm³/mol. The van der Waals surface area contributed by atoms with E-state index >= 15 is 0 Å². The van der Waals surface area contributed by atoms with Gasteiger partial charge in [0.05, 0.1) is 12.2 Å². The van der Waals surface area contributed by atoms with Crippen LogP contribution in [-0.2, 0) is 9.53 Å². The summed E-state index contributed by atoms with van der Waals surface area (Å²) in [5.41, 5.74) is 5.13. The molecule has 1 saturated heterocycles. The van der Waals surface area contributed by atoms with Crippen LogP contribution in [0.25, 0.3) is 0 Å². The van der Waals surface area contributed by atoms with Crippen molar-refractivity contribution in [2.45, 2.75) is 5.60 Å². The minimum atomic E-state index is -0.489. The zero-order valence-corrected chi connectivity index (χ0v) is 5.83. The van der Waals surface area contributed by atoms with Crippen LogP contribution in [0.4, 0.5) is 0 Å². The number of nitrogens with two attached hydrogens (primary N) is 1. The predicted octanol–water partition coefficient (Wildman–Crippen LogP) is -0.758. The molecule has 2 rings (SSSR count). The molecular formula is C7H8N2O2. The fraction of sp³-hybridized carbons (Fsp3) is 0.286. The highest BCUT2D eigenvalue weighted by atomic mass is 16.6. The Kier molecular flexibility index (Phi) is 1.08. The van der Waals surface area contributed by atoms with Crippen LogP contribution in [0.15, 0.2) is 24.0 Å². The lowest BCUT2D eigenvalue weighted by Gasteiger charge is -2.12. The Morgan fingerprint density at radius 1 is 1.82 bits per heavy atom. The van der Waals surface area contributed by atoms with Crippen molar-refractivity contribution in [2.24, 2.45) is 5.73 Å². The standard InChI is InChI=1S/C7H8N2O2/c8-6(10)5-3-9-2-1-7(5)4-11-7/h1-3,9H,4H2,(H2,8,10)/t7-/m0/s1. The summed E-state index contributed by atoms with van der Waals surface area (Å²) in [6.07, 6.45) is 5.11. The molecule has 58 valence electrons. The number of carbonyl (C=O) groups is 1. The molecule has 11 heavy (non-hydrogen) atoms. The van der Waals surface area contributed by atoms with E-state index in [1.165, 1.54) is 0 Å². The minimum absolute atomic E-state index is 0.431. The lowest BCUT2D eigenvalue weighted by Crippen LogP contribution is -2.29. The summed E-state index contributed by atoms with van der Waals surface area (Å²) in [6, 6.07) is 0. The van der Waals surface area contributed by atoms with Crippen LogP contribution in [0.5, 0.6) is 0 Å². The first-order valence-electron chi connectivity index (χ1n) is 3.33. The zero-order valence-electron chi connectivity index (χ0n) is 5.83. The third kappa shape index (κ3) is 0.832. The summed E-state index contributed by atoms with van der Waals surface area (Å²) in [5, 5.41) is 2.79. The minimum Gasteiger partial charge on any atom is -0.367 e. The van der Waals surface area contributed by atoms with Gasteiger partial charge in [-0.3, -0.25) is 4.79 Å². The molecule has 0 aliphatic carbocycles. The lowest BCUT2D eigenvalue weighted by atomic mass is 9.99. The molecule has 2 aliphatic rings. The van der Waals surface area contributed by atoms with Crippen LogP contribution in [0.1, 0.15) is 0 Å². The van der Waals surface area contributed by atoms with E-state index in [2.05, 4.69) is 5.32 Å². The second-order valence-electron chi connectivity index (χ2n) is 2.60. The average molecular weight is 152 g/mol. The molecule has 4 nitrogen and oxygen atoms in total. The van der Waals surface area contributed by atoms with Crippen molar-refractivity contribution in [1.82, 2.24) is 5.32 Å². The summed E-state index contributed by atoms with van der Waals surface area (Å²) in [4.78, 5) is 10.8. The highest BCUT2D eigenvalue weighted by Crippen LogP contribution is 2.37. The van der Waals surface area contributed by atoms with Gasteiger partial charge in [0.25, 0.3) is 0 Å². The van der Waals surface area contributed by atoms with Gasteiger partial charge in [0.15, 0.2) is 0 Å². The molecule has 2 aliphatic heterocycles. The van der Waals surface area contributed by atoms with E-state index in [4.69, 9.17) is 10.5 Å². The maximum Gasteiger partial charge on any atom is 0.249 e. The average Bonchev–Trinajstić information content (AvgIpc) is 2.70. The van der Waals surface area contributed by atoms with Gasteiger partial charge in [0.1, 0.15) is 5.60 Å². The Bertz CT molecular complexity index is 264. The third-order valence-corrected chi connectivity index (χ3v) is 1.85. The number of nitrogens with one attached hydrogen (secondary N) is 1. The van der Waals surface area contributed by atoms with Crippen LogP contribution < -0.4 is 11.1 Å². The van der Waals surface area contributed by atoms with Crippen LogP contribution >= 0.6 is 0 Å². The quantitative estimate of drug-likeness (QED) is 0.485. The number of amides is 1. The molecule has 3 N–H and O–H groups in total. The molecule has 0 aromatic carbocycles. The van der Waals surface area contributed by atoms with Gasteiger partial charge < -0.3 is 15.8 Å². The number of ether oxygens (including phenoxy) is 1. The summed E-state index contributed by atoms with van der Waals surface area (Å²) in [7, 11) is 0. The fourth-order valence-electron chi connectivity index (χ4n) is 1.14. The number of epoxide rings is 1. The maximum absolute atomic E-state index is 10.8. The molecule has 1 atom stereocenters. The van der Waals surface area contributed by atoms with Gasteiger partial charge in [-0.15, -0.1) is 0 Å². The highest BCUT2D eigenvalue weighted by Gasteiger charge is 2.49. The summed E-state index contributed by atoms with van der Waals surface area (Å²) < 4.78 is 5.11. The molecule has 0 bridgehead atoms. The third-order valence-electron chi connectivity index (χ3n) is 1.85. The molecule has 1 amide bonds. The second-order valence-corrected chi connectivity index (χ2v) is 2.60. The van der Waals surface area contributed by atoms with E-state index in [9.17, 15) is 4.79 Å². The zero-order chi connectivity index (χ0) is 7.90. The van der Waals surface area contributed by atoms with Crippen LogP contribution in [0.3, 0.4) is 0 Å². The number of carbonyl (C=O) groups excluding carboxylic acids is 1. The first-order valence-corrected chi connectivity index (χ1v) is 3.33. The first kappa shape index (κ1) is 6.42. The van der Waals surface area contributed by atoms with E-state index in [1.807, 2.05) is 0 Å². The number of hydrogen-bond donors (Lipinski definition) is 2. The number of rotatable bonds is 1. The Balaban J connectivity index is 2.31. The van der Waals surface area contributed by atoms with E-state index in [0.717, 1.165) is 0 Å². The Morgan fingerprint density at radius 2 is 2.55 bits per heavy atom. The van der Waals surface area contributed by atoms with E-state index < -0.39 is 11.5 Å². The second kappa shape index (κ2) is 1.85. The van der Waals surface area contributed by atoms with Crippen molar-refractivity contribution in [3.05, 3.63) is 24.0 Å². The molecule has 0 aromatic heterocycles. The molecule has 0 unspecified atom stereocenters. The first-order chi connectivity index (χ1) is 5.25. The van der Waals surface area contributed by atoms with Gasteiger partial charge in [-0.1, -0.05) is 0 Å². The van der Waals surface area contributed by atoms with Crippen LogP contribution in [0, 0.1) is 0 Å². The maximum atomic E-state index is 10.8. The van der Waals surface area contributed by atoms with Gasteiger partial charge in [-0.05, 0) is 12.3 Å². The van der Waals surface area contributed by atoms with Crippen molar-refractivity contribution in [1.29, 1.82) is 0 Å². The SMILES string of the molecule is NC(=O)C1=CNC=C[C@]12CO2. The van der Waals surface area contributed by atoms with Gasteiger partial charge in [-0.25, -0.2) is 0 Å². The monoisotopic (exact) mass is 152 g/mol. The smallest absolute Gasteiger partial charge is 0.249 e. The summed E-state index contributed by atoms with van der Waals surface area (Å²) >= 11 is 0. The lowest BCUT2D eigenvalue weighted by molar-refractivity contribution is -0.115. The van der Waals surface area contributed by atoms with Gasteiger partial charge in [0.2, 0.25) is 5.91 Å². The molecule has 0 radical (unpaired) electrons. The van der Waals surface area contributed by atoms with E-state index in [1.54, 1.807) is 18.5 Å². The molecule has 0 saturated carbocycles. The van der Waals surface area contributed by atoms with Gasteiger partial charge >= 0.3 is 0 Å². The van der Waals surface area contributed by atoms with Crippen molar-refractivity contribution in [3.63, 3.8) is 0 Å². The van der Waals surface area contributed by atoms with E-state index in [0.29, 0.717) is 12.2 Å². The molecule has 1 spiro atoms. The molecule has 2 heterocycles. The normalized spacial score (nSPS) is 32.9. The molecular weight excluding hydrogens is 144 g/mol. The topological polar surface area (TPSA) is 67.7 Å². The van der Waals surface area contributed by atoms with Crippen molar-refractivity contribution < 1.29 is 9.53 Å². The van der Waals surface area contributed by atoms with Crippen molar-refractivity contribution >= 4 is 5.91 Å². The summed E-state index contributed by atoms with van der Waals surface area (Å²) in [6.45, 7) is 0.556. The molecule has 4 heteroatoms. The molecule has 1 fully saturated rings. The van der Waals surface area contributed by atoms with Crippen LogP contribution in [-0.4, -0.2) is 18.1 Å². The van der Waals surface area contributed by atoms with Crippen molar-refractivity contribution in [2.75, 3.05) is 6.61 Å². The fourth-order valence-corrected chi connectivity index (χ4v) is 1.14. The number of dihydropyridines is 1. The largest absolute Gasteiger partial charge is 0.367 e. The van der Waals surface area contributed by atoms with Gasteiger partial charge in [0, 0.05) is 6.20 Å². The highest BCUT2D eigenvalue weighted by molar-refractivity contribution is 5.95. The Labute approximate surface area is 63.7 Å². The molecule has 0 aromatic rings. The summed E-state index contributed by atoms with van der Waals surface area (Å²) in [5.74, 6) is -0.431. The number of hydrogen-bond acceptors (Lipinski definition) is 3. The van der Waals surface area contributed by atoms with Crippen LogP contribution in [0.2, 0.25) is 0 Å². The van der Waals surface area contributed by atoms with E-state index in [-0.39, 0.29) is 0 Å².